The number of benzene rings is 2. The molecule has 0 aliphatic heterocycles. The minimum atomic E-state index is 0.124. The van der Waals surface area contributed by atoms with Crippen LogP contribution in [0, 0.1) is 0 Å². The Morgan fingerprint density at radius 1 is 1.24 bits per heavy atom. The summed E-state index contributed by atoms with van der Waals surface area (Å²) in [4.78, 5) is 0. The number of hydrogen-bond donors (Lipinski definition) is 2. The lowest BCUT2D eigenvalue weighted by Gasteiger charge is -2.18. The van der Waals surface area contributed by atoms with E-state index in [9.17, 15) is 0 Å². The van der Waals surface area contributed by atoms with E-state index in [0.29, 0.717) is 0 Å². The molecule has 21 heavy (non-hydrogen) atoms. The van der Waals surface area contributed by atoms with Crippen molar-refractivity contribution in [3.8, 4) is 0 Å². The molecule has 2 aromatic carbocycles. The largest absolute Gasteiger partial charge is 0.396 e. The first-order valence-electron chi connectivity index (χ1n) is 7.01. The lowest BCUT2D eigenvalue weighted by Crippen LogP contribution is -2.07. The van der Waals surface area contributed by atoms with Crippen LogP contribution < -0.4 is 5.32 Å². The summed E-state index contributed by atoms with van der Waals surface area (Å²) in [5.41, 5.74) is 3.36. The van der Waals surface area contributed by atoms with Gasteiger partial charge in [0.25, 0.3) is 0 Å². The van der Waals surface area contributed by atoms with Crippen molar-refractivity contribution in [3.63, 3.8) is 0 Å². The molecule has 0 aliphatic carbocycles. The summed E-state index contributed by atoms with van der Waals surface area (Å²) < 4.78 is 0.981. The van der Waals surface area contributed by atoms with Gasteiger partial charge in [-0.2, -0.15) is 0 Å². The lowest BCUT2D eigenvalue weighted by molar-refractivity contribution is 0.288. The third-order valence-electron chi connectivity index (χ3n) is 3.36. The van der Waals surface area contributed by atoms with Crippen LogP contribution in [-0.4, -0.2) is 11.7 Å². The van der Waals surface area contributed by atoms with Gasteiger partial charge in [-0.3, -0.25) is 0 Å². The van der Waals surface area contributed by atoms with Crippen molar-refractivity contribution < 1.29 is 5.11 Å². The van der Waals surface area contributed by atoms with Gasteiger partial charge >= 0.3 is 0 Å². The van der Waals surface area contributed by atoms with Crippen molar-refractivity contribution in [2.24, 2.45) is 0 Å². The predicted octanol–water partition coefficient (Wildman–Crippen LogP) is 5.20. The first-order valence-corrected chi connectivity index (χ1v) is 8.18. The number of anilines is 1. The van der Waals surface area contributed by atoms with Gasteiger partial charge in [-0.1, -0.05) is 45.7 Å². The highest BCUT2D eigenvalue weighted by molar-refractivity contribution is 9.10. The molecule has 2 nitrogen and oxygen atoms in total. The van der Waals surface area contributed by atoms with E-state index in [-0.39, 0.29) is 12.6 Å². The molecule has 1 unspecified atom stereocenters. The van der Waals surface area contributed by atoms with E-state index in [0.717, 1.165) is 33.6 Å². The highest BCUT2D eigenvalue weighted by atomic mass is 79.9. The zero-order valence-electron chi connectivity index (χ0n) is 11.9. The summed E-state index contributed by atoms with van der Waals surface area (Å²) in [5.74, 6) is 0. The smallest absolute Gasteiger partial charge is 0.0500 e. The molecule has 0 aliphatic rings. The van der Waals surface area contributed by atoms with Crippen molar-refractivity contribution in [2.45, 2.75) is 25.8 Å². The summed E-state index contributed by atoms with van der Waals surface area (Å²) in [6.45, 7) is 2.32. The summed E-state index contributed by atoms with van der Waals surface area (Å²) in [6.07, 6.45) is 1.68. The second-order valence-electron chi connectivity index (χ2n) is 5.06. The molecule has 0 saturated heterocycles. The molecule has 0 fully saturated rings. The van der Waals surface area contributed by atoms with Crippen LogP contribution in [0.15, 0.2) is 46.9 Å². The molecule has 2 rings (SSSR count). The van der Waals surface area contributed by atoms with E-state index in [1.807, 2.05) is 30.3 Å². The van der Waals surface area contributed by atoms with Gasteiger partial charge in [-0.05, 0) is 55.2 Å². The fourth-order valence-electron chi connectivity index (χ4n) is 2.28. The molecule has 2 aromatic rings. The highest BCUT2D eigenvalue weighted by Gasteiger charge is 2.10. The van der Waals surface area contributed by atoms with Gasteiger partial charge in [0.15, 0.2) is 0 Å². The molecule has 1 atom stereocenters. The van der Waals surface area contributed by atoms with Gasteiger partial charge in [0.2, 0.25) is 0 Å². The van der Waals surface area contributed by atoms with E-state index in [1.165, 1.54) is 5.56 Å². The second-order valence-corrected chi connectivity index (χ2v) is 6.38. The monoisotopic (exact) mass is 367 g/mol. The summed E-state index contributed by atoms with van der Waals surface area (Å²) in [5, 5.41) is 13.1. The average Bonchev–Trinajstić information content (AvgIpc) is 2.45. The number of hydrogen-bond acceptors (Lipinski definition) is 2. The summed E-state index contributed by atoms with van der Waals surface area (Å²) in [6, 6.07) is 14.3. The van der Waals surface area contributed by atoms with Crippen LogP contribution in [0.4, 0.5) is 5.69 Å². The standard InChI is InChI=1S/C17H19BrClNO/c1-12(16-8-7-14(18)11-17(16)19)20-15-6-2-4-13(10-15)5-3-9-21/h2,4,6-8,10-12,20-21H,3,5,9H2,1H3. The SMILES string of the molecule is CC(Nc1cccc(CCCO)c1)c1ccc(Br)cc1Cl. The molecule has 4 heteroatoms. The Kier molecular flexibility index (Phi) is 6.09. The minimum absolute atomic E-state index is 0.124. The maximum absolute atomic E-state index is 8.91. The van der Waals surface area contributed by atoms with Crippen LogP contribution in [0.25, 0.3) is 0 Å². The van der Waals surface area contributed by atoms with E-state index in [1.54, 1.807) is 0 Å². The van der Waals surface area contributed by atoms with E-state index < -0.39 is 0 Å². The summed E-state index contributed by atoms with van der Waals surface area (Å²) in [7, 11) is 0. The third-order valence-corrected chi connectivity index (χ3v) is 4.18. The highest BCUT2D eigenvalue weighted by Crippen LogP contribution is 2.28. The van der Waals surface area contributed by atoms with Crippen LogP contribution in [-0.2, 0) is 6.42 Å². The minimum Gasteiger partial charge on any atom is -0.396 e. The van der Waals surface area contributed by atoms with Gasteiger partial charge in [-0.25, -0.2) is 0 Å². The lowest BCUT2D eigenvalue weighted by atomic mass is 10.1. The quantitative estimate of drug-likeness (QED) is 0.734. The van der Waals surface area contributed by atoms with Crippen molar-refractivity contribution in [1.29, 1.82) is 0 Å². The molecule has 0 saturated carbocycles. The van der Waals surface area contributed by atoms with Gasteiger partial charge in [0.05, 0.1) is 0 Å². The molecule has 112 valence electrons. The number of aryl methyl sites for hydroxylation is 1. The number of nitrogens with one attached hydrogen (secondary N) is 1. The summed E-state index contributed by atoms with van der Waals surface area (Å²) >= 11 is 9.71. The predicted molar refractivity (Wildman–Crippen MR) is 93.0 cm³/mol. The molecule has 0 heterocycles. The number of aliphatic hydroxyl groups is 1. The van der Waals surface area contributed by atoms with Crippen molar-refractivity contribution in [1.82, 2.24) is 0 Å². The van der Waals surface area contributed by atoms with Crippen molar-refractivity contribution in [2.75, 3.05) is 11.9 Å². The fourth-order valence-corrected chi connectivity index (χ4v) is 3.12. The molecular weight excluding hydrogens is 350 g/mol. The molecule has 0 amide bonds. The van der Waals surface area contributed by atoms with E-state index in [4.69, 9.17) is 16.7 Å². The molecule has 2 N–H and O–H groups in total. The van der Waals surface area contributed by atoms with Crippen LogP contribution in [0.1, 0.15) is 30.5 Å². The molecule has 0 bridgehead atoms. The first kappa shape index (κ1) is 16.3. The zero-order valence-corrected chi connectivity index (χ0v) is 14.3. The number of aliphatic hydroxyl groups excluding tert-OH is 1. The molecule has 0 spiro atoms. The molecular formula is C17H19BrClNO. The maximum atomic E-state index is 8.91. The Morgan fingerprint density at radius 2 is 2.05 bits per heavy atom. The topological polar surface area (TPSA) is 32.3 Å². The Bertz CT molecular complexity index is 603. The van der Waals surface area contributed by atoms with Gasteiger partial charge < -0.3 is 10.4 Å². The Labute approximate surface area is 139 Å². The normalized spacial score (nSPS) is 12.2. The first-order chi connectivity index (χ1) is 10.1. The van der Waals surface area contributed by atoms with Gasteiger partial charge in [0.1, 0.15) is 0 Å². The van der Waals surface area contributed by atoms with Crippen LogP contribution in [0.2, 0.25) is 5.02 Å². The molecule has 0 radical (unpaired) electrons. The Balaban J connectivity index is 2.10. The van der Waals surface area contributed by atoms with Crippen LogP contribution in [0.3, 0.4) is 0 Å². The van der Waals surface area contributed by atoms with Crippen molar-refractivity contribution >= 4 is 33.2 Å². The van der Waals surface area contributed by atoms with E-state index >= 15 is 0 Å². The number of halogens is 2. The van der Waals surface area contributed by atoms with Crippen molar-refractivity contribution in [3.05, 3.63) is 63.1 Å². The van der Waals surface area contributed by atoms with Gasteiger partial charge in [-0.15, -0.1) is 0 Å². The fraction of sp³-hybridized carbons (Fsp3) is 0.294. The zero-order chi connectivity index (χ0) is 15.2. The van der Waals surface area contributed by atoms with Gasteiger partial charge in [0, 0.05) is 27.8 Å². The van der Waals surface area contributed by atoms with Crippen LogP contribution in [0.5, 0.6) is 0 Å². The molecule has 0 aromatic heterocycles. The number of rotatable bonds is 6. The third kappa shape index (κ3) is 4.73. The second kappa shape index (κ2) is 7.83. The average molecular weight is 369 g/mol. The Morgan fingerprint density at radius 3 is 2.76 bits per heavy atom. The van der Waals surface area contributed by atoms with E-state index in [2.05, 4.69) is 40.3 Å². The van der Waals surface area contributed by atoms with Crippen LogP contribution >= 0.6 is 27.5 Å². The Hall–Kier alpha value is -1.03. The maximum Gasteiger partial charge on any atom is 0.0500 e.